The van der Waals surface area contributed by atoms with E-state index in [1.807, 2.05) is 31.3 Å². The Morgan fingerprint density at radius 3 is 2.86 bits per heavy atom. The monoisotopic (exact) mass is 286 g/mol. The number of imidazole rings is 1. The van der Waals surface area contributed by atoms with Gasteiger partial charge in [-0.25, -0.2) is 4.98 Å². The van der Waals surface area contributed by atoms with Crippen LogP contribution in [0.4, 0.5) is 11.4 Å². The largest absolute Gasteiger partial charge is 0.378 e. The number of anilines is 2. The van der Waals surface area contributed by atoms with E-state index in [9.17, 15) is 4.79 Å². The summed E-state index contributed by atoms with van der Waals surface area (Å²) in [7, 11) is 1.84. The highest BCUT2D eigenvalue weighted by Crippen LogP contribution is 2.20. The fourth-order valence-electron chi connectivity index (χ4n) is 2.33. The molecular weight excluding hydrogens is 268 g/mol. The Morgan fingerprint density at radius 1 is 1.33 bits per heavy atom. The first-order chi connectivity index (χ1) is 10.2. The topological polar surface area (TPSA) is 59.4 Å². The summed E-state index contributed by atoms with van der Waals surface area (Å²) < 4.78 is 7.10. The molecular formula is C15H18N4O2. The third kappa shape index (κ3) is 3.22. The van der Waals surface area contributed by atoms with Crippen molar-refractivity contribution >= 4 is 17.3 Å². The summed E-state index contributed by atoms with van der Waals surface area (Å²) in [6.45, 7) is 3.23. The van der Waals surface area contributed by atoms with Crippen molar-refractivity contribution in [1.29, 1.82) is 0 Å². The van der Waals surface area contributed by atoms with Gasteiger partial charge in [0.25, 0.3) is 5.91 Å². The average molecular weight is 286 g/mol. The zero-order chi connectivity index (χ0) is 14.7. The molecule has 0 aliphatic carbocycles. The average Bonchev–Trinajstić information content (AvgIpc) is 2.95. The van der Waals surface area contributed by atoms with Gasteiger partial charge in [0.2, 0.25) is 0 Å². The van der Waals surface area contributed by atoms with Crippen LogP contribution in [0.3, 0.4) is 0 Å². The zero-order valence-corrected chi connectivity index (χ0v) is 12.0. The van der Waals surface area contributed by atoms with Gasteiger partial charge >= 0.3 is 0 Å². The highest BCUT2D eigenvalue weighted by Gasteiger charge is 2.13. The van der Waals surface area contributed by atoms with E-state index in [0.717, 1.165) is 37.7 Å². The number of carbonyl (C=O) groups excluding carboxylic acids is 1. The Labute approximate surface area is 123 Å². The Morgan fingerprint density at radius 2 is 2.14 bits per heavy atom. The number of carbonyl (C=O) groups is 1. The summed E-state index contributed by atoms with van der Waals surface area (Å²) >= 11 is 0. The van der Waals surface area contributed by atoms with E-state index in [2.05, 4.69) is 15.2 Å². The first-order valence-electron chi connectivity index (χ1n) is 6.94. The van der Waals surface area contributed by atoms with Crippen LogP contribution < -0.4 is 10.2 Å². The van der Waals surface area contributed by atoms with Gasteiger partial charge in [0.05, 0.1) is 19.5 Å². The van der Waals surface area contributed by atoms with E-state index >= 15 is 0 Å². The van der Waals surface area contributed by atoms with Crippen LogP contribution in [-0.2, 0) is 11.8 Å². The molecule has 1 saturated heterocycles. The number of hydrogen-bond acceptors (Lipinski definition) is 4. The maximum atomic E-state index is 12.1. The number of nitrogens with one attached hydrogen (secondary N) is 1. The van der Waals surface area contributed by atoms with E-state index in [1.165, 1.54) is 0 Å². The molecule has 6 nitrogen and oxygen atoms in total. The molecule has 0 saturated carbocycles. The molecule has 0 atom stereocenters. The van der Waals surface area contributed by atoms with Crippen LogP contribution in [0.5, 0.6) is 0 Å². The van der Waals surface area contributed by atoms with E-state index < -0.39 is 0 Å². The number of aryl methyl sites for hydroxylation is 1. The van der Waals surface area contributed by atoms with Crippen molar-refractivity contribution in [3.63, 3.8) is 0 Å². The molecule has 0 radical (unpaired) electrons. The van der Waals surface area contributed by atoms with Crippen molar-refractivity contribution < 1.29 is 9.53 Å². The minimum Gasteiger partial charge on any atom is -0.378 e. The fourth-order valence-corrected chi connectivity index (χ4v) is 2.33. The van der Waals surface area contributed by atoms with Crippen LogP contribution in [0.15, 0.2) is 36.8 Å². The first kappa shape index (κ1) is 13.6. The Hall–Kier alpha value is -2.34. The van der Waals surface area contributed by atoms with Crippen molar-refractivity contribution in [2.75, 3.05) is 36.5 Å². The van der Waals surface area contributed by atoms with Crippen LogP contribution in [0.1, 0.15) is 10.5 Å². The summed E-state index contributed by atoms with van der Waals surface area (Å²) in [5.74, 6) is -0.199. The maximum absolute atomic E-state index is 12.1. The summed E-state index contributed by atoms with van der Waals surface area (Å²) in [5, 5.41) is 2.88. The Kier molecular flexibility index (Phi) is 3.87. The fraction of sp³-hybridized carbons (Fsp3) is 0.333. The number of ether oxygens (including phenoxy) is 1. The molecule has 1 amide bonds. The number of nitrogens with zero attached hydrogens (tertiary/aromatic N) is 3. The molecule has 2 heterocycles. The van der Waals surface area contributed by atoms with Gasteiger partial charge in [0, 0.05) is 37.7 Å². The number of aromatic nitrogens is 2. The summed E-state index contributed by atoms with van der Waals surface area (Å²) in [5.41, 5.74) is 2.28. The van der Waals surface area contributed by atoms with Gasteiger partial charge in [-0.05, 0) is 18.2 Å². The van der Waals surface area contributed by atoms with E-state index in [0.29, 0.717) is 5.69 Å². The summed E-state index contributed by atoms with van der Waals surface area (Å²) in [6.07, 6.45) is 3.31. The predicted molar refractivity (Wildman–Crippen MR) is 80.6 cm³/mol. The third-order valence-corrected chi connectivity index (χ3v) is 3.42. The molecule has 0 unspecified atom stereocenters. The zero-order valence-electron chi connectivity index (χ0n) is 12.0. The number of morpholine rings is 1. The third-order valence-electron chi connectivity index (χ3n) is 3.42. The van der Waals surface area contributed by atoms with Crippen LogP contribution in [0, 0.1) is 0 Å². The van der Waals surface area contributed by atoms with Crippen molar-refractivity contribution in [1.82, 2.24) is 9.55 Å². The van der Waals surface area contributed by atoms with E-state index in [-0.39, 0.29) is 5.91 Å². The molecule has 0 bridgehead atoms. The molecule has 1 N–H and O–H groups in total. The molecule has 1 aliphatic rings. The number of rotatable bonds is 3. The van der Waals surface area contributed by atoms with Gasteiger partial charge in [0.15, 0.2) is 0 Å². The first-order valence-corrected chi connectivity index (χ1v) is 6.94. The second-order valence-corrected chi connectivity index (χ2v) is 5.03. The molecule has 1 aromatic heterocycles. The summed E-state index contributed by atoms with van der Waals surface area (Å²) in [4.78, 5) is 18.4. The second-order valence-electron chi connectivity index (χ2n) is 5.03. The number of benzene rings is 1. The van der Waals surface area contributed by atoms with Gasteiger partial charge in [0.1, 0.15) is 5.69 Å². The van der Waals surface area contributed by atoms with Crippen LogP contribution in [0.25, 0.3) is 0 Å². The molecule has 2 aromatic rings. The Bertz CT molecular complexity index is 632. The molecule has 21 heavy (non-hydrogen) atoms. The lowest BCUT2D eigenvalue weighted by molar-refractivity contribution is 0.102. The number of amides is 1. The molecule has 1 aliphatic heterocycles. The second kappa shape index (κ2) is 5.97. The lowest BCUT2D eigenvalue weighted by Crippen LogP contribution is -2.36. The molecule has 3 rings (SSSR count). The minimum absolute atomic E-state index is 0.199. The van der Waals surface area contributed by atoms with Gasteiger partial charge in [-0.2, -0.15) is 0 Å². The van der Waals surface area contributed by atoms with Gasteiger partial charge in [-0.1, -0.05) is 6.07 Å². The highest BCUT2D eigenvalue weighted by molar-refractivity contribution is 6.02. The standard InChI is InChI=1S/C15H18N4O2/c1-18-10-14(16-11-18)15(20)17-12-3-2-4-13(9-12)19-5-7-21-8-6-19/h2-4,9-11H,5-8H2,1H3,(H,17,20). The molecule has 1 fully saturated rings. The normalized spacial score (nSPS) is 15.0. The van der Waals surface area contributed by atoms with Crippen molar-refractivity contribution in [2.45, 2.75) is 0 Å². The van der Waals surface area contributed by atoms with Gasteiger partial charge in [-0.3, -0.25) is 4.79 Å². The lowest BCUT2D eigenvalue weighted by Gasteiger charge is -2.29. The van der Waals surface area contributed by atoms with Crippen LogP contribution in [0.2, 0.25) is 0 Å². The quantitative estimate of drug-likeness (QED) is 0.929. The van der Waals surface area contributed by atoms with Crippen LogP contribution >= 0.6 is 0 Å². The van der Waals surface area contributed by atoms with E-state index in [4.69, 9.17) is 4.74 Å². The molecule has 6 heteroatoms. The number of hydrogen-bond donors (Lipinski definition) is 1. The molecule has 0 spiro atoms. The minimum atomic E-state index is -0.199. The highest BCUT2D eigenvalue weighted by atomic mass is 16.5. The van der Waals surface area contributed by atoms with Crippen molar-refractivity contribution in [3.8, 4) is 0 Å². The SMILES string of the molecule is Cn1cnc(C(=O)Nc2cccc(N3CCOCC3)c2)c1. The summed E-state index contributed by atoms with van der Waals surface area (Å²) in [6, 6.07) is 7.84. The van der Waals surface area contributed by atoms with Crippen molar-refractivity contribution in [3.05, 3.63) is 42.5 Å². The van der Waals surface area contributed by atoms with Crippen molar-refractivity contribution in [2.24, 2.45) is 7.05 Å². The van der Waals surface area contributed by atoms with E-state index in [1.54, 1.807) is 17.1 Å². The molecule has 110 valence electrons. The lowest BCUT2D eigenvalue weighted by atomic mass is 10.2. The Balaban J connectivity index is 1.72. The smallest absolute Gasteiger partial charge is 0.275 e. The predicted octanol–water partition coefficient (Wildman–Crippen LogP) is 1.51. The van der Waals surface area contributed by atoms with Gasteiger partial charge in [-0.15, -0.1) is 0 Å². The van der Waals surface area contributed by atoms with Gasteiger partial charge < -0.3 is 19.5 Å². The van der Waals surface area contributed by atoms with Crippen LogP contribution in [-0.4, -0.2) is 41.8 Å². The molecule has 1 aromatic carbocycles. The maximum Gasteiger partial charge on any atom is 0.275 e.